The SMILES string of the molecule is O=C(NCCC1CCNC1)c1ccc[nH]c1=O. The van der Waals surface area contributed by atoms with Gasteiger partial charge in [-0.05, 0) is 44.0 Å². The number of nitrogens with one attached hydrogen (secondary N) is 3. The van der Waals surface area contributed by atoms with Crippen molar-refractivity contribution in [1.29, 1.82) is 0 Å². The van der Waals surface area contributed by atoms with Crippen molar-refractivity contribution in [3.8, 4) is 0 Å². The minimum Gasteiger partial charge on any atom is -0.352 e. The number of aromatic nitrogens is 1. The number of amides is 1. The van der Waals surface area contributed by atoms with Crippen molar-refractivity contribution in [2.45, 2.75) is 12.8 Å². The molecule has 5 nitrogen and oxygen atoms in total. The molecule has 1 atom stereocenters. The zero-order valence-corrected chi connectivity index (χ0v) is 9.66. The van der Waals surface area contributed by atoms with Crippen molar-refractivity contribution in [3.63, 3.8) is 0 Å². The zero-order chi connectivity index (χ0) is 12.1. The number of carbonyl (C=O) groups excluding carboxylic acids is 1. The Bertz CT molecular complexity index is 435. The predicted molar refractivity (Wildman–Crippen MR) is 65.0 cm³/mol. The predicted octanol–water partition coefficient (Wildman–Crippen LogP) is 0.104. The van der Waals surface area contributed by atoms with Crippen molar-refractivity contribution < 1.29 is 4.79 Å². The van der Waals surface area contributed by atoms with Gasteiger partial charge in [-0.2, -0.15) is 0 Å². The third-order valence-corrected chi connectivity index (χ3v) is 3.06. The third kappa shape index (κ3) is 3.17. The van der Waals surface area contributed by atoms with E-state index in [4.69, 9.17) is 0 Å². The van der Waals surface area contributed by atoms with Crippen molar-refractivity contribution in [3.05, 3.63) is 34.2 Å². The van der Waals surface area contributed by atoms with E-state index in [9.17, 15) is 9.59 Å². The van der Waals surface area contributed by atoms with Gasteiger partial charge in [0.25, 0.3) is 11.5 Å². The molecule has 1 aromatic rings. The Hall–Kier alpha value is -1.62. The van der Waals surface area contributed by atoms with E-state index >= 15 is 0 Å². The Kier molecular flexibility index (Phi) is 3.93. The van der Waals surface area contributed by atoms with Crippen LogP contribution in [0.3, 0.4) is 0 Å². The first-order chi connectivity index (χ1) is 8.27. The minimum absolute atomic E-state index is 0.178. The van der Waals surface area contributed by atoms with Gasteiger partial charge in [-0.1, -0.05) is 0 Å². The van der Waals surface area contributed by atoms with Crippen LogP contribution in [0.4, 0.5) is 0 Å². The Morgan fingerprint density at radius 2 is 2.41 bits per heavy atom. The zero-order valence-electron chi connectivity index (χ0n) is 9.66. The molecule has 1 aliphatic heterocycles. The molecule has 2 heterocycles. The molecule has 3 N–H and O–H groups in total. The molecule has 0 bridgehead atoms. The lowest BCUT2D eigenvalue weighted by molar-refractivity contribution is 0.0950. The molecule has 1 fully saturated rings. The summed E-state index contributed by atoms with van der Waals surface area (Å²) in [5.41, 5.74) is -0.162. The summed E-state index contributed by atoms with van der Waals surface area (Å²) in [6.07, 6.45) is 3.65. The molecule has 5 heteroatoms. The van der Waals surface area contributed by atoms with E-state index in [-0.39, 0.29) is 17.0 Å². The van der Waals surface area contributed by atoms with Crippen LogP contribution in [0.25, 0.3) is 0 Å². The van der Waals surface area contributed by atoms with E-state index in [1.165, 1.54) is 18.7 Å². The summed E-state index contributed by atoms with van der Waals surface area (Å²) < 4.78 is 0. The maximum absolute atomic E-state index is 11.7. The van der Waals surface area contributed by atoms with Crippen molar-refractivity contribution in [2.24, 2.45) is 5.92 Å². The highest BCUT2D eigenvalue weighted by Gasteiger charge is 2.15. The fourth-order valence-electron chi connectivity index (χ4n) is 2.05. The molecule has 17 heavy (non-hydrogen) atoms. The van der Waals surface area contributed by atoms with Crippen LogP contribution in [0.2, 0.25) is 0 Å². The Balaban J connectivity index is 1.81. The highest BCUT2D eigenvalue weighted by Crippen LogP contribution is 2.10. The standard InChI is InChI=1S/C12H17N3O2/c16-11-10(2-1-5-14-11)12(17)15-7-4-9-3-6-13-8-9/h1-2,5,9,13H,3-4,6-8H2,(H,14,16)(H,15,17). The molecule has 92 valence electrons. The van der Waals surface area contributed by atoms with Crippen LogP contribution >= 0.6 is 0 Å². The molecule has 0 aromatic carbocycles. The third-order valence-electron chi connectivity index (χ3n) is 3.06. The number of hydrogen-bond donors (Lipinski definition) is 3. The van der Waals surface area contributed by atoms with E-state index in [1.54, 1.807) is 6.07 Å². The lowest BCUT2D eigenvalue weighted by atomic mass is 10.1. The van der Waals surface area contributed by atoms with Gasteiger partial charge in [0.1, 0.15) is 5.56 Å². The van der Waals surface area contributed by atoms with Crippen molar-refractivity contribution in [2.75, 3.05) is 19.6 Å². The second-order valence-corrected chi connectivity index (χ2v) is 4.32. The molecule has 2 rings (SSSR count). The number of carbonyl (C=O) groups is 1. The van der Waals surface area contributed by atoms with Crippen LogP contribution in [0, 0.1) is 5.92 Å². The Morgan fingerprint density at radius 1 is 1.53 bits per heavy atom. The smallest absolute Gasteiger partial charge is 0.260 e. The molecule has 1 aromatic heterocycles. The monoisotopic (exact) mass is 235 g/mol. The molecule has 0 aliphatic carbocycles. The van der Waals surface area contributed by atoms with Gasteiger partial charge in [-0.3, -0.25) is 9.59 Å². The van der Waals surface area contributed by atoms with Crippen molar-refractivity contribution in [1.82, 2.24) is 15.6 Å². The molecular formula is C12H17N3O2. The van der Waals surface area contributed by atoms with Crippen LogP contribution in [0.5, 0.6) is 0 Å². The van der Waals surface area contributed by atoms with Crippen LogP contribution in [-0.2, 0) is 0 Å². The maximum atomic E-state index is 11.7. The van der Waals surface area contributed by atoms with Gasteiger partial charge in [0.15, 0.2) is 0 Å². The number of aromatic amines is 1. The summed E-state index contributed by atoms with van der Waals surface area (Å²) >= 11 is 0. The minimum atomic E-state index is -0.340. The number of hydrogen-bond acceptors (Lipinski definition) is 3. The molecule has 1 saturated heterocycles. The summed E-state index contributed by atoms with van der Waals surface area (Å²) in [7, 11) is 0. The molecule has 0 spiro atoms. The quantitative estimate of drug-likeness (QED) is 0.693. The fourth-order valence-corrected chi connectivity index (χ4v) is 2.05. The van der Waals surface area contributed by atoms with E-state index in [0.29, 0.717) is 12.5 Å². The van der Waals surface area contributed by atoms with Gasteiger partial charge in [-0.15, -0.1) is 0 Å². The van der Waals surface area contributed by atoms with Crippen LogP contribution in [0.1, 0.15) is 23.2 Å². The van der Waals surface area contributed by atoms with Crippen LogP contribution < -0.4 is 16.2 Å². The average molecular weight is 235 g/mol. The maximum Gasteiger partial charge on any atom is 0.260 e. The second-order valence-electron chi connectivity index (χ2n) is 4.32. The topological polar surface area (TPSA) is 74.0 Å². The van der Waals surface area contributed by atoms with Crippen LogP contribution in [-0.4, -0.2) is 30.5 Å². The van der Waals surface area contributed by atoms with E-state index in [0.717, 1.165) is 19.5 Å². The first-order valence-corrected chi connectivity index (χ1v) is 5.94. The second kappa shape index (κ2) is 5.63. The van der Waals surface area contributed by atoms with Gasteiger partial charge < -0.3 is 15.6 Å². The van der Waals surface area contributed by atoms with E-state index in [1.807, 2.05) is 0 Å². The molecule has 1 amide bonds. The van der Waals surface area contributed by atoms with Crippen LogP contribution in [0.15, 0.2) is 23.1 Å². The number of pyridine rings is 1. The highest BCUT2D eigenvalue weighted by molar-refractivity contribution is 5.93. The first kappa shape index (κ1) is 11.9. The lowest BCUT2D eigenvalue weighted by Gasteiger charge is -2.08. The highest BCUT2D eigenvalue weighted by atomic mass is 16.2. The number of H-pyrrole nitrogens is 1. The Morgan fingerprint density at radius 3 is 3.12 bits per heavy atom. The van der Waals surface area contributed by atoms with E-state index in [2.05, 4.69) is 15.6 Å². The summed E-state index contributed by atoms with van der Waals surface area (Å²) in [4.78, 5) is 25.5. The summed E-state index contributed by atoms with van der Waals surface area (Å²) in [6, 6.07) is 3.18. The van der Waals surface area contributed by atoms with E-state index < -0.39 is 0 Å². The molecule has 0 radical (unpaired) electrons. The summed E-state index contributed by atoms with van der Waals surface area (Å²) in [5, 5.41) is 6.06. The van der Waals surface area contributed by atoms with Gasteiger partial charge >= 0.3 is 0 Å². The lowest BCUT2D eigenvalue weighted by Crippen LogP contribution is -2.31. The molecular weight excluding hydrogens is 218 g/mol. The molecule has 1 unspecified atom stereocenters. The normalized spacial score (nSPS) is 19.2. The van der Waals surface area contributed by atoms with Gasteiger partial charge in [0.2, 0.25) is 0 Å². The summed E-state index contributed by atoms with van der Waals surface area (Å²) in [6.45, 7) is 2.72. The largest absolute Gasteiger partial charge is 0.352 e. The number of rotatable bonds is 4. The molecule has 1 aliphatic rings. The van der Waals surface area contributed by atoms with Gasteiger partial charge in [0.05, 0.1) is 0 Å². The van der Waals surface area contributed by atoms with Gasteiger partial charge in [0, 0.05) is 12.7 Å². The molecule has 0 saturated carbocycles. The van der Waals surface area contributed by atoms with Gasteiger partial charge in [-0.25, -0.2) is 0 Å². The van der Waals surface area contributed by atoms with Crippen molar-refractivity contribution >= 4 is 5.91 Å². The average Bonchev–Trinajstić information content (AvgIpc) is 2.82. The Labute approximate surface area is 99.6 Å². The summed E-state index contributed by atoms with van der Waals surface area (Å²) in [5.74, 6) is 0.349. The fraction of sp³-hybridized carbons (Fsp3) is 0.500. The first-order valence-electron chi connectivity index (χ1n) is 5.94.